The van der Waals surface area contributed by atoms with Crippen molar-refractivity contribution in [1.82, 2.24) is 4.98 Å². The van der Waals surface area contributed by atoms with E-state index in [-0.39, 0.29) is 0 Å². The summed E-state index contributed by atoms with van der Waals surface area (Å²) >= 11 is 0. The third-order valence-electron chi connectivity index (χ3n) is 3.67. The molecule has 6 heteroatoms. The number of rotatable bonds is 5. The van der Waals surface area contributed by atoms with E-state index in [4.69, 9.17) is 10.5 Å². The van der Waals surface area contributed by atoms with Crippen molar-refractivity contribution in [1.29, 1.82) is 0 Å². The summed E-state index contributed by atoms with van der Waals surface area (Å²) in [6.07, 6.45) is 3.57. The predicted octanol–water partition coefficient (Wildman–Crippen LogP) is 1.83. The van der Waals surface area contributed by atoms with Crippen molar-refractivity contribution >= 4 is 22.8 Å². The van der Waals surface area contributed by atoms with Gasteiger partial charge in [0.1, 0.15) is 5.82 Å². The number of nitrogens with one attached hydrogen (secondary N) is 1. The first-order valence-electron chi connectivity index (χ1n) is 6.78. The average molecular weight is 290 g/mol. The van der Waals surface area contributed by atoms with E-state index in [9.17, 15) is 14.0 Å². The SMILES string of the molecule is NC(=O)C(C(=O)OCC1CC1)c1c[nH]c2ccc(F)cc12. The number of hydrogen-bond acceptors (Lipinski definition) is 3. The Kier molecular flexibility index (Phi) is 3.37. The Morgan fingerprint density at radius 2 is 2.19 bits per heavy atom. The molecule has 5 nitrogen and oxygen atoms in total. The number of benzene rings is 1. The predicted molar refractivity (Wildman–Crippen MR) is 73.9 cm³/mol. The molecular formula is C15H15FN2O3. The van der Waals surface area contributed by atoms with Gasteiger partial charge < -0.3 is 15.5 Å². The molecule has 1 unspecified atom stereocenters. The summed E-state index contributed by atoms with van der Waals surface area (Å²) in [6, 6.07) is 4.11. The van der Waals surface area contributed by atoms with Crippen molar-refractivity contribution in [2.24, 2.45) is 11.7 Å². The Morgan fingerprint density at radius 3 is 2.86 bits per heavy atom. The van der Waals surface area contributed by atoms with Gasteiger partial charge in [-0.05, 0) is 37.0 Å². The zero-order chi connectivity index (χ0) is 15.0. The molecule has 1 atom stereocenters. The maximum Gasteiger partial charge on any atom is 0.323 e. The van der Waals surface area contributed by atoms with Crippen LogP contribution in [0.1, 0.15) is 24.3 Å². The smallest absolute Gasteiger partial charge is 0.323 e. The highest BCUT2D eigenvalue weighted by Gasteiger charge is 2.32. The maximum atomic E-state index is 13.4. The lowest BCUT2D eigenvalue weighted by Crippen LogP contribution is -2.30. The van der Waals surface area contributed by atoms with Crippen LogP contribution >= 0.6 is 0 Å². The molecule has 1 heterocycles. The monoisotopic (exact) mass is 290 g/mol. The molecule has 21 heavy (non-hydrogen) atoms. The molecule has 1 aliphatic carbocycles. The number of H-pyrrole nitrogens is 1. The molecular weight excluding hydrogens is 275 g/mol. The molecule has 110 valence electrons. The lowest BCUT2D eigenvalue weighted by Gasteiger charge is -2.12. The molecule has 0 saturated heterocycles. The highest BCUT2D eigenvalue weighted by atomic mass is 19.1. The van der Waals surface area contributed by atoms with Crippen LogP contribution in [0.25, 0.3) is 10.9 Å². The van der Waals surface area contributed by atoms with Crippen molar-refractivity contribution in [2.75, 3.05) is 6.61 Å². The summed E-state index contributed by atoms with van der Waals surface area (Å²) in [5.74, 6) is -2.76. The topological polar surface area (TPSA) is 85.2 Å². The van der Waals surface area contributed by atoms with E-state index in [0.29, 0.717) is 29.0 Å². The number of ether oxygens (including phenoxy) is 1. The van der Waals surface area contributed by atoms with E-state index in [1.165, 1.54) is 18.3 Å². The zero-order valence-electron chi connectivity index (χ0n) is 11.3. The maximum absolute atomic E-state index is 13.4. The molecule has 0 spiro atoms. The standard InChI is InChI=1S/C15H15FN2O3/c16-9-3-4-12-10(5-9)11(6-18-12)13(14(17)19)15(20)21-7-8-1-2-8/h3-6,8,13,18H,1-2,7H2,(H2,17,19). The second-order valence-electron chi connectivity index (χ2n) is 5.34. The van der Waals surface area contributed by atoms with Gasteiger partial charge in [0.05, 0.1) is 6.61 Å². The van der Waals surface area contributed by atoms with Gasteiger partial charge >= 0.3 is 5.97 Å². The molecule has 1 saturated carbocycles. The van der Waals surface area contributed by atoms with Crippen molar-refractivity contribution in [3.8, 4) is 0 Å². The summed E-state index contributed by atoms with van der Waals surface area (Å²) in [4.78, 5) is 26.7. The Balaban J connectivity index is 1.92. The van der Waals surface area contributed by atoms with E-state index in [0.717, 1.165) is 12.8 Å². The molecule has 3 rings (SSSR count). The van der Waals surface area contributed by atoms with Crippen molar-refractivity contribution in [3.63, 3.8) is 0 Å². The number of esters is 1. The van der Waals surface area contributed by atoms with Crippen LogP contribution in [0.3, 0.4) is 0 Å². The number of primary amides is 1. The van der Waals surface area contributed by atoms with Crippen molar-refractivity contribution in [2.45, 2.75) is 18.8 Å². The third-order valence-corrected chi connectivity index (χ3v) is 3.67. The number of halogens is 1. The van der Waals surface area contributed by atoms with Gasteiger partial charge in [0.2, 0.25) is 5.91 Å². The summed E-state index contributed by atoms with van der Waals surface area (Å²) in [6.45, 7) is 0.305. The first kappa shape index (κ1) is 13.6. The van der Waals surface area contributed by atoms with Crippen molar-refractivity contribution in [3.05, 3.63) is 35.8 Å². The lowest BCUT2D eigenvalue weighted by molar-refractivity contribution is -0.148. The van der Waals surface area contributed by atoms with Crippen LogP contribution in [0.4, 0.5) is 4.39 Å². The first-order chi connectivity index (χ1) is 10.1. The molecule has 1 aromatic carbocycles. The van der Waals surface area contributed by atoms with Gasteiger partial charge in [-0.1, -0.05) is 0 Å². The Bertz CT molecular complexity index is 706. The molecule has 1 fully saturated rings. The van der Waals surface area contributed by atoms with Gasteiger partial charge in [-0.15, -0.1) is 0 Å². The molecule has 1 aromatic heterocycles. The molecule has 1 aliphatic rings. The van der Waals surface area contributed by atoms with Crippen LogP contribution in [0, 0.1) is 11.7 Å². The van der Waals surface area contributed by atoms with E-state index in [2.05, 4.69) is 4.98 Å². The summed E-state index contributed by atoms with van der Waals surface area (Å²) in [5, 5.41) is 0.460. The van der Waals surface area contributed by atoms with Crippen LogP contribution in [0.5, 0.6) is 0 Å². The zero-order valence-corrected chi connectivity index (χ0v) is 11.3. The van der Waals surface area contributed by atoms with Crippen LogP contribution in [-0.4, -0.2) is 23.5 Å². The fraction of sp³-hybridized carbons (Fsp3) is 0.333. The lowest BCUT2D eigenvalue weighted by atomic mass is 9.98. The number of aromatic nitrogens is 1. The minimum absolute atomic E-state index is 0.305. The van der Waals surface area contributed by atoms with Crippen LogP contribution < -0.4 is 5.73 Å². The van der Waals surface area contributed by atoms with E-state index >= 15 is 0 Å². The third kappa shape index (κ3) is 2.74. The van der Waals surface area contributed by atoms with Gasteiger partial charge in [-0.2, -0.15) is 0 Å². The van der Waals surface area contributed by atoms with Crippen molar-refractivity contribution < 1.29 is 18.7 Å². The molecule has 0 radical (unpaired) electrons. The first-order valence-corrected chi connectivity index (χ1v) is 6.78. The Labute approximate surface area is 120 Å². The largest absolute Gasteiger partial charge is 0.465 e. The summed E-state index contributed by atoms with van der Waals surface area (Å²) in [7, 11) is 0. The highest BCUT2D eigenvalue weighted by molar-refractivity contribution is 6.06. The second-order valence-corrected chi connectivity index (χ2v) is 5.34. The Morgan fingerprint density at radius 1 is 1.43 bits per heavy atom. The normalized spacial score (nSPS) is 15.9. The highest BCUT2D eigenvalue weighted by Crippen LogP contribution is 2.31. The van der Waals surface area contributed by atoms with E-state index in [1.54, 1.807) is 6.07 Å². The fourth-order valence-corrected chi connectivity index (χ4v) is 2.32. The molecule has 1 amide bonds. The second kappa shape index (κ2) is 5.20. The Hall–Kier alpha value is -2.37. The van der Waals surface area contributed by atoms with Gasteiger partial charge in [0.25, 0.3) is 0 Å². The van der Waals surface area contributed by atoms with E-state index in [1.807, 2.05) is 0 Å². The van der Waals surface area contributed by atoms with E-state index < -0.39 is 23.6 Å². The van der Waals surface area contributed by atoms with Crippen LogP contribution in [0.2, 0.25) is 0 Å². The number of fused-ring (bicyclic) bond motifs is 1. The van der Waals surface area contributed by atoms with Crippen LogP contribution in [0.15, 0.2) is 24.4 Å². The van der Waals surface area contributed by atoms with Gasteiger partial charge in [-0.25, -0.2) is 4.39 Å². The van der Waals surface area contributed by atoms with Gasteiger partial charge in [0, 0.05) is 22.7 Å². The average Bonchev–Trinajstić information content (AvgIpc) is 3.18. The number of aromatic amines is 1. The molecule has 3 N–H and O–H groups in total. The number of amides is 1. The number of hydrogen-bond donors (Lipinski definition) is 2. The molecule has 0 bridgehead atoms. The van der Waals surface area contributed by atoms with Gasteiger partial charge in [0.15, 0.2) is 5.92 Å². The molecule has 2 aromatic rings. The fourth-order valence-electron chi connectivity index (χ4n) is 2.32. The minimum Gasteiger partial charge on any atom is -0.465 e. The number of carbonyl (C=O) groups is 2. The summed E-state index contributed by atoms with van der Waals surface area (Å²) < 4.78 is 18.5. The number of nitrogens with two attached hydrogens (primary N) is 1. The minimum atomic E-state index is -1.22. The quantitative estimate of drug-likeness (QED) is 0.650. The van der Waals surface area contributed by atoms with Gasteiger partial charge in [-0.3, -0.25) is 9.59 Å². The number of carbonyl (C=O) groups excluding carboxylic acids is 2. The molecule has 0 aliphatic heterocycles. The summed E-state index contributed by atoms with van der Waals surface area (Å²) in [5.41, 5.74) is 6.31. The van der Waals surface area contributed by atoms with Crippen LogP contribution in [-0.2, 0) is 14.3 Å².